The van der Waals surface area contributed by atoms with Crippen molar-refractivity contribution in [3.8, 4) is 0 Å². The third-order valence-corrected chi connectivity index (χ3v) is 7.10. The Morgan fingerprint density at radius 3 is 2.81 bits per heavy atom. The number of aromatic nitrogens is 3. The van der Waals surface area contributed by atoms with Gasteiger partial charge in [0.15, 0.2) is 5.16 Å². The number of hydrogen-bond donors (Lipinski definition) is 1. The molecule has 7 heteroatoms. The molecule has 140 valence electrons. The van der Waals surface area contributed by atoms with Crippen molar-refractivity contribution in [1.82, 2.24) is 20.1 Å². The maximum absolute atomic E-state index is 12.6. The number of nitrogens with zero attached hydrogens (tertiary/aromatic N) is 3. The Kier molecular flexibility index (Phi) is 5.64. The summed E-state index contributed by atoms with van der Waals surface area (Å²) in [4.78, 5) is 13.9. The van der Waals surface area contributed by atoms with Crippen LogP contribution in [0.25, 0.3) is 0 Å². The lowest BCUT2D eigenvalue weighted by atomic mass is 9.95. The average Bonchev–Trinajstić information content (AvgIpc) is 3.20. The topological polar surface area (TPSA) is 59.8 Å². The molecular weight excluding hydrogens is 364 g/mol. The molecule has 5 nitrogen and oxygen atoms in total. The number of thiophene rings is 1. The zero-order chi connectivity index (χ0) is 17.9. The molecule has 2 saturated carbocycles. The number of nitrogens with one attached hydrogen (secondary N) is 1. The summed E-state index contributed by atoms with van der Waals surface area (Å²) >= 11 is 3.30. The van der Waals surface area contributed by atoms with Gasteiger partial charge in [0.05, 0.1) is 5.25 Å². The van der Waals surface area contributed by atoms with Gasteiger partial charge < -0.3 is 9.88 Å². The van der Waals surface area contributed by atoms with E-state index in [9.17, 15) is 4.79 Å². The lowest BCUT2D eigenvalue weighted by Crippen LogP contribution is -2.40. The summed E-state index contributed by atoms with van der Waals surface area (Å²) in [5.41, 5.74) is 0. The lowest BCUT2D eigenvalue weighted by Gasteiger charge is -2.24. The summed E-state index contributed by atoms with van der Waals surface area (Å²) in [6.45, 7) is 1.98. The Balaban J connectivity index is 1.42. The molecule has 2 aromatic heterocycles. The fourth-order valence-electron chi connectivity index (χ4n) is 3.55. The Morgan fingerprint density at radius 2 is 2.12 bits per heavy atom. The number of amides is 1. The van der Waals surface area contributed by atoms with Crippen molar-refractivity contribution in [2.24, 2.45) is 0 Å². The zero-order valence-corrected chi connectivity index (χ0v) is 16.8. The van der Waals surface area contributed by atoms with Crippen molar-refractivity contribution < 1.29 is 4.79 Å². The second-order valence-corrected chi connectivity index (χ2v) is 9.70. The first kappa shape index (κ1) is 18.0. The molecule has 0 radical (unpaired) electrons. The van der Waals surface area contributed by atoms with Crippen LogP contribution in [0.4, 0.5) is 0 Å². The zero-order valence-electron chi connectivity index (χ0n) is 15.2. The summed E-state index contributed by atoms with van der Waals surface area (Å²) < 4.78 is 2.27. The Hall–Kier alpha value is -1.34. The van der Waals surface area contributed by atoms with Gasteiger partial charge in [0, 0.05) is 23.4 Å². The first-order valence-electron chi connectivity index (χ1n) is 9.64. The molecule has 2 heterocycles. The molecule has 1 amide bonds. The van der Waals surface area contributed by atoms with Crippen LogP contribution in [0.2, 0.25) is 0 Å². The fourth-order valence-corrected chi connectivity index (χ4v) is 5.20. The van der Waals surface area contributed by atoms with Gasteiger partial charge in [-0.2, -0.15) is 0 Å². The van der Waals surface area contributed by atoms with Crippen LogP contribution in [0.5, 0.6) is 0 Å². The van der Waals surface area contributed by atoms with Gasteiger partial charge in [-0.1, -0.05) is 37.1 Å². The Labute approximate surface area is 163 Å². The molecule has 1 atom stereocenters. The van der Waals surface area contributed by atoms with Crippen LogP contribution < -0.4 is 5.32 Å². The van der Waals surface area contributed by atoms with Gasteiger partial charge in [-0.05, 0) is 44.1 Å². The van der Waals surface area contributed by atoms with Crippen LogP contribution in [-0.2, 0) is 11.2 Å². The van der Waals surface area contributed by atoms with E-state index in [0.29, 0.717) is 12.1 Å². The molecule has 4 rings (SSSR count). The molecule has 2 aliphatic carbocycles. The highest BCUT2D eigenvalue weighted by atomic mass is 32.2. The number of carbonyl (C=O) groups is 1. The van der Waals surface area contributed by atoms with Crippen molar-refractivity contribution >= 4 is 29.0 Å². The molecule has 0 bridgehead atoms. The third-order valence-electron chi connectivity index (χ3n) is 5.16. The van der Waals surface area contributed by atoms with Crippen molar-refractivity contribution in [3.05, 3.63) is 28.2 Å². The normalized spacial score (nSPS) is 19.4. The van der Waals surface area contributed by atoms with Gasteiger partial charge in [0.2, 0.25) is 5.91 Å². The first-order chi connectivity index (χ1) is 12.7. The second-order valence-electron chi connectivity index (χ2n) is 7.36. The van der Waals surface area contributed by atoms with Crippen molar-refractivity contribution in [2.45, 2.75) is 80.8 Å². The monoisotopic (exact) mass is 390 g/mol. The smallest absolute Gasteiger partial charge is 0.233 e. The highest BCUT2D eigenvalue weighted by molar-refractivity contribution is 8.00. The van der Waals surface area contributed by atoms with E-state index in [-0.39, 0.29) is 11.2 Å². The Morgan fingerprint density at radius 1 is 1.31 bits per heavy atom. The highest BCUT2D eigenvalue weighted by Gasteiger charge is 2.31. The van der Waals surface area contributed by atoms with Gasteiger partial charge >= 0.3 is 0 Å². The highest BCUT2D eigenvalue weighted by Crippen LogP contribution is 2.40. The van der Waals surface area contributed by atoms with Gasteiger partial charge in [0.1, 0.15) is 5.82 Å². The van der Waals surface area contributed by atoms with E-state index < -0.39 is 0 Å². The van der Waals surface area contributed by atoms with E-state index in [1.165, 1.54) is 37.0 Å². The van der Waals surface area contributed by atoms with E-state index in [1.54, 1.807) is 23.1 Å². The second kappa shape index (κ2) is 8.13. The molecule has 1 N–H and O–H groups in total. The predicted molar refractivity (Wildman–Crippen MR) is 106 cm³/mol. The van der Waals surface area contributed by atoms with Crippen LogP contribution in [0.1, 0.15) is 68.6 Å². The predicted octanol–water partition coefficient (Wildman–Crippen LogP) is 4.19. The van der Waals surface area contributed by atoms with Crippen LogP contribution in [0, 0.1) is 0 Å². The van der Waals surface area contributed by atoms with Crippen molar-refractivity contribution in [1.29, 1.82) is 0 Å². The summed E-state index contributed by atoms with van der Waals surface area (Å²) in [7, 11) is 0. The molecule has 2 aromatic rings. The van der Waals surface area contributed by atoms with Crippen LogP contribution >= 0.6 is 23.1 Å². The van der Waals surface area contributed by atoms with E-state index in [2.05, 4.69) is 37.6 Å². The minimum Gasteiger partial charge on any atom is -0.352 e. The summed E-state index contributed by atoms with van der Waals surface area (Å²) in [5.74, 6) is 1.16. The molecule has 0 saturated heterocycles. The van der Waals surface area contributed by atoms with Gasteiger partial charge in [0.25, 0.3) is 0 Å². The molecular formula is C19H26N4OS2. The quantitative estimate of drug-likeness (QED) is 0.720. The molecule has 2 aliphatic rings. The first-order valence-corrected chi connectivity index (χ1v) is 11.4. The maximum Gasteiger partial charge on any atom is 0.233 e. The van der Waals surface area contributed by atoms with Crippen LogP contribution in [0.15, 0.2) is 22.7 Å². The van der Waals surface area contributed by atoms with Gasteiger partial charge in [-0.15, -0.1) is 21.5 Å². The van der Waals surface area contributed by atoms with E-state index in [0.717, 1.165) is 30.2 Å². The van der Waals surface area contributed by atoms with E-state index in [1.807, 2.05) is 6.92 Å². The SMILES string of the molecule is CC(Sc1nnc(Cc2cccs2)n1C1CC1)C(=O)NC1CCCCC1. The van der Waals surface area contributed by atoms with Gasteiger partial charge in [-0.25, -0.2) is 0 Å². The number of carbonyl (C=O) groups excluding carboxylic acids is 1. The van der Waals surface area contributed by atoms with Crippen LogP contribution in [-0.4, -0.2) is 32.0 Å². The average molecular weight is 391 g/mol. The lowest BCUT2D eigenvalue weighted by molar-refractivity contribution is -0.121. The van der Waals surface area contributed by atoms with E-state index in [4.69, 9.17) is 0 Å². The van der Waals surface area contributed by atoms with E-state index >= 15 is 0 Å². The van der Waals surface area contributed by atoms with Gasteiger partial charge in [-0.3, -0.25) is 4.79 Å². The number of rotatable bonds is 7. The molecule has 2 fully saturated rings. The largest absolute Gasteiger partial charge is 0.352 e. The van der Waals surface area contributed by atoms with Crippen LogP contribution in [0.3, 0.4) is 0 Å². The molecule has 0 aliphatic heterocycles. The third kappa shape index (κ3) is 4.31. The molecule has 0 aromatic carbocycles. The minimum atomic E-state index is -0.145. The van der Waals surface area contributed by atoms with Crippen molar-refractivity contribution in [3.63, 3.8) is 0 Å². The maximum atomic E-state index is 12.6. The molecule has 26 heavy (non-hydrogen) atoms. The summed E-state index contributed by atoms with van der Waals surface area (Å²) in [5, 5.41) is 15.0. The minimum absolute atomic E-state index is 0.132. The number of hydrogen-bond acceptors (Lipinski definition) is 5. The summed E-state index contributed by atoms with van der Waals surface area (Å²) in [6, 6.07) is 5.08. The van der Waals surface area contributed by atoms with Crippen molar-refractivity contribution in [2.75, 3.05) is 0 Å². The standard InChI is InChI=1S/C19H26N4OS2/c1-13(18(24)20-14-6-3-2-4-7-14)26-19-22-21-17(23(19)15-9-10-15)12-16-8-5-11-25-16/h5,8,11,13-15H,2-4,6-7,9-10,12H2,1H3,(H,20,24). The number of thioether (sulfide) groups is 1. The Bertz CT molecular complexity index is 733. The molecule has 1 unspecified atom stereocenters. The molecule has 0 spiro atoms. The fraction of sp³-hybridized carbons (Fsp3) is 0.632. The summed E-state index contributed by atoms with van der Waals surface area (Å²) in [6.07, 6.45) is 9.19.